The zero-order valence-electron chi connectivity index (χ0n) is 19.2. The molecule has 12 N–H and O–H groups in total. The number of hydrogen-bond acceptors (Lipinski definition) is 9. The monoisotopic (exact) mass is 498 g/mol. The Bertz CT molecular complexity index is 849. The maximum atomic E-state index is 13.0. The first-order valence-electron chi connectivity index (χ1n) is 11.0. The Morgan fingerprint density at radius 1 is 0.971 bits per heavy atom. The standard InChI is InChI=1S/C20H34N8O7/c21-6-2-1-3-12(22)17(31)26-13(4-5-16(23)30)18(32)27-14(7-11-8-24-10-25-11)19(33)28-15(9-29)20(34)35/h8,10,12-15,29H,1-7,9,21-22H2,(H2,23,30)(H,24,25)(H,26,31)(H,27,32)(H,28,33)(H,34,35). The molecular formula is C20H34N8O7. The molecule has 0 aromatic carbocycles. The average Bonchev–Trinajstić information content (AvgIpc) is 3.32. The summed E-state index contributed by atoms with van der Waals surface area (Å²) in [6, 6.07) is -5.07. The van der Waals surface area contributed by atoms with Gasteiger partial charge >= 0.3 is 5.97 Å². The number of imidazole rings is 1. The van der Waals surface area contributed by atoms with Crippen LogP contribution < -0.4 is 33.2 Å². The Morgan fingerprint density at radius 3 is 2.14 bits per heavy atom. The number of carboxylic acid groups (broad SMARTS) is 1. The molecule has 0 radical (unpaired) electrons. The quantitative estimate of drug-likeness (QED) is 0.0945. The highest BCUT2D eigenvalue weighted by Crippen LogP contribution is 2.05. The van der Waals surface area contributed by atoms with Crippen LogP contribution >= 0.6 is 0 Å². The number of primary amides is 1. The van der Waals surface area contributed by atoms with Crippen LogP contribution in [0.15, 0.2) is 12.5 Å². The summed E-state index contributed by atoms with van der Waals surface area (Å²) in [5, 5.41) is 25.3. The highest BCUT2D eigenvalue weighted by Gasteiger charge is 2.30. The fourth-order valence-electron chi connectivity index (χ4n) is 3.03. The summed E-state index contributed by atoms with van der Waals surface area (Å²) in [4.78, 5) is 67.2. The number of carbonyl (C=O) groups is 5. The van der Waals surface area contributed by atoms with E-state index in [0.29, 0.717) is 31.5 Å². The number of aliphatic carboxylic acids is 1. The molecule has 0 saturated heterocycles. The molecule has 4 atom stereocenters. The molecule has 0 spiro atoms. The molecule has 4 unspecified atom stereocenters. The van der Waals surface area contributed by atoms with E-state index in [1.54, 1.807) is 0 Å². The number of aromatic amines is 1. The van der Waals surface area contributed by atoms with Gasteiger partial charge in [-0.2, -0.15) is 0 Å². The lowest BCUT2D eigenvalue weighted by molar-refractivity contribution is -0.143. The van der Waals surface area contributed by atoms with Crippen LogP contribution in [0.1, 0.15) is 37.8 Å². The number of H-pyrrole nitrogens is 1. The number of aliphatic hydroxyl groups excluding tert-OH is 1. The van der Waals surface area contributed by atoms with Gasteiger partial charge in [0.25, 0.3) is 0 Å². The summed E-state index contributed by atoms with van der Waals surface area (Å²) >= 11 is 0. The van der Waals surface area contributed by atoms with Gasteiger partial charge in [-0.25, -0.2) is 9.78 Å². The second-order valence-corrected chi connectivity index (χ2v) is 7.88. The third-order valence-corrected chi connectivity index (χ3v) is 5.03. The maximum Gasteiger partial charge on any atom is 0.328 e. The van der Waals surface area contributed by atoms with Gasteiger partial charge in [-0.1, -0.05) is 6.42 Å². The van der Waals surface area contributed by atoms with Crippen molar-refractivity contribution in [1.82, 2.24) is 25.9 Å². The number of nitrogens with zero attached hydrogens (tertiary/aromatic N) is 1. The fourth-order valence-corrected chi connectivity index (χ4v) is 3.03. The van der Waals surface area contributed by atoms with E-state index in [2.05, 4.69) is 25.9 Å². The number of nitrogens with two attached hydrogens (primary N) is 3. The Hall–Kier alpha value is -3.56. The highest BCUT2D eigenvalue weighted by molar-refractivity contribution is 5.94. The van der Waals surface area contributed by atoms with E-state index in [1.807, 2.05) is 0 Å². The molecule has 0 fully saturated rings. The molecule has 4 amide bonds. The molecular weight excluding hydrogens is 464 g/mol. The van der Waals surface area contributed by atoms with Gasteiger partial charge in [-0.05, 0) is 25.8 Å². The first-order chi connectivity index (χ1) is 16.6. The molecule has 15 nitrogen and oxygen atoms in total. The van der Waals surface area contributed by atoms with Crippen LogP contribution in [0.4, 0.5) is 0 Å². The van der Waals surface area contributed by atoms with Gasteiger partial charge in [0, 0.05) is 24.7 Å². The third kappa shape index (κ3) is 10.9. The van der Waals surface area contributed by atoms with E-state index in [-0.39, 0.29) is 19.3 Å². The van der Waals surface area contributed by atoms with Crippen molar-refractivity contribution >= 4 is 29.6 Å². The summed E-state index contributed by atoms with van der Waals surface area (Å²) in [5.74, 6) is -4.52. The maximum absolute atomic E-state index is 13.0. The van der Waals surface area contributed by atoms with Gasteiger partial charge in [0.05, 0.1) is 19.0 Å². The number of aliphatic hydroxyl groups is 1. The SMILES string of the molecule is NCCCCC(N)C(=O)NC(CCC(N)=O)C(=O)NC(Cc1cnc[nH]1)C(=O)NC(CO)C(=O)O. The minimum absolute atomic E-state index is 0.107. The average molecular weight is 499 g/mol. The summed E-state index contributed by atoms with van der Waals surface area (Å²) in [6.45, 7) is -0.429. The van der Waals surface area contributed by atoms with Crippen molar-refractivity contribution < 1.29 is 34.2 Å². The second-order valence-electron chi connectivity index (χ2n) is 7.88. The lowest BCUT2D eigenvalue weighted by Gasteiger charge is -2.24. The number of carbonyl (C=O) groups excluding carboxylic acids is 4. The van der Waals surface area contributed by atoms with E-state index >= 15 is 0 Å². The normalized spacial score (nSPS) is 14.3. The van der Waals surface area contributed by atoms with Gasteiger partial charge in [0.15, 0.2) is 0 Å². The molecule has 0 aliphatic carbocycles. The van der Waals surface area contributed by atoms with Crippen molar-refractivity contribution in [2.45, 2.75) is 62.7 Å². The number of nitrogens with one attached hydrogen (secondary N) is 4. The van der Waals surface area contributed by atoms with Gasteiger partial charge in [0.1, 0.15) is 18.1 Å². The van der Waals surface area contributed by atoms with Crippen LogP contribution in [0.25, 0.3) is 0 Å². The summed E-state index contributed by atoms with van der Waals surface area (Å²) in [6.07, 6.45) is 3.86. The second kappa shape index (κ2) is 15.4. The minimum Gasteiger partial charge on any atom is -0.480 e. The number of amides is 4. The van der Waals surface area contributed by atoms with Crippen LogP contribution in [0.5, 0.6) is 0 Å². The van der Waals surface area contributed by atoms with Crippen LogP contribution in [0.3, 0.4) is 0 Å². The summed E-state index contributed by atoms with van der Waals surface area (Å²) in [7, 11) is 0. The minimum atomic E-state index is -1.60. The lowest BCUT2D eigenvalue weighted by Crippen LogP contribution is -2.58. The Balaban J connectivity index is 3.00. The van der Waals surface area contributed by atoms with E-state index in [1.165, 1.54) is 12.5 Å². The summed E-state index contributed by atoms with van der Waals surface area (Å²) in [5.41, 5.74) is 16.9. The Morgan fingerprint density at radius 2 is 1.60 bits per heavy atom. The van der Waals surface area contributed by atoms with Crippen molar-refractivity contribution in [2.75, 3.05) is 13.2 Å². The van der Waals surface area contributed by atoms with Crippen molar-refractivity contribution in [3.05, 3.63) is 18.2 Å². The van der Waals surface area contributed by atoms with E-state index in [9.17, 15) is 29.1 Å². The summed E-state index contributed by atoms with van der Waals surface area (Å²) < 4.78 is 0. The zero-order chi connectivity index (χ0) is 26.4. The van der Waals surface area contributed by atoms with E-state index in [4.69, 9.17) is 22.3 Å². The highest BCUT2D eigenvalue weighted by atomic mass is 16.4. The molecule has 1 heterocycles. The predicted molar refractivity (Wildman–Crippen MR) is 122 cm³/mol. The van der Waals surface area contributed by atoms with Crippen LogP contribution in [0.2, 0.25) is 0 Å². The molecule has 35 heavy (non-hydrogen) atoms. The van der Waals surface area contributed by atoms with Crippen molar-refractivity contribution in [1.29, 1.82) is 0 Å². The smallest absolute Gasteiger partial charge is 0.328 e. The van der Waals surface area contributed by atoms with Gasteiger partial charge < -0.3 is 48.3 Å². The lowest BCUT2D eigenvalue weighted by atomic mass is 10.1. The van der Waals surface area contributed by atoms with E-state index < -0.39 is 60.4 Å². The van der Waals surface area contributed by atoms with Crippen molar-refractivity contribution in [3.63, 3.8) is 0 Å². The van der Waals surface area contributed by atoms with Crippen molar-refractivity contribution in [2.24, 2.45) is 17.2 Å². The molecule has 0 aliphatic heterocycles. The number of rotatable bonds is 17. The number of unbranched alkanes of at least 4 members (excludes halogenated alkanes) is 1. The van der Waals surface area contributed by atoms with E-state index in [0.717, 1.165) is 0 Å². The molecule has 0 bridgehead atoms. The number of hydrogen-bond donors (Lipinski definition) is 9. The van der Waals surface area contributed by atoms with Crippen LogP contribution in [0, 0.1) is 0 Å². The third-order valence-electron chi connectivity index (χ3n) is 5.03. The van der Waals surface area contributed by atoms with Gasteiger partial charge in [-0.15, -0.1) is 0 Å². The fraction of sp³-hybridized carbons (Fsp3) is 0.600. The molecule has 1 rings (SSSR count). The molecule has 0 saturated carbocycles. The Labute approximate surface area is 201 Å². The van der Waals surface area contributed by atoms with Crippen LogP contribution in [-0.4, -0.2) is 87.1 Å². The molecule has 0 aliphatic rings. The predicted octanol–water partition coefficient (Wildman–Crippen LogP) is -3.79. The zero-order valence-corrected chi connectivity index (χ0v) is 19.2. The molecule has 196 valence electrons. The molecule has 1 aromatic rings. The topological polar surface area (TPSA) is 269 Å². The van der Waals surface area contributed by atoms with Crippen molar-refractivity contribution in [3.8, 4) is 0 Å². The molecule has 1 aromatic heterocycles. The Kier molecular flexibility index (Phi) is 12.9. The van der Waals surface area contributed by atoms with Gasteiger partial charge in [-0.3, -0.25) is 19.2 Å². The number of carboxylic acids is 1. The first-order valence-corrected chi connectivity index (χ1v) is 11.0. The number of aromatic nitrogens is 2. The molecule has 15 heteroatoms. The van der Waals surface area contributed by atoms with Crippen LogP contribution in [-0.2, 0) is 30.4 Å². The van der Waals surface area contributed by atoms with Gasteiger partial charge in [0.2, 0.25) is 23.6 Å². The largest absolute Gasteiger partial charge is 0.480 e. The first kappa shape index (κ1) is 29.5.